The highest BCUT2D eigenvalue weighted by molar-refractivity contribution is 7.99. The Morgan fingerprint density at radius 3 is 2.56 bits per heavy atom. The molecule has 1 unspecified atom stereocenters. The van der Waals surface area contributed by atoms with Gasteiger partial charge in [-0.25, -0.2) is 4.79 Å². The number of aromatic nitrogens is 2. The van der Waals surface area contributed by atoms with Gasteiger partial charge in [0, 0.05) is 12.4 Å². The predicted molar refractivity (Wildman–Crippen MR) is 89.2 cm³/mol. The van der Waals surface area contributed by atoms with Crippen LogP contribution >= 0.6 is 23.4 Å². The molecule has 1 fully saturated rings. The van der Waals surface area contributed by atoms with Crippen molar-refractivity contribution in [3.8, 4) is 0 Å². The number of H-pyrrole nitrogens is 2. The second-order valence-corrected chi connectivity index (χ2v) is 7.40. The van der Waals surface area contributed by atoms with Crippen molar-refractivity contribution in [3.63, 3.8) is 0 Å². The average Bonchev–Trinajstić information content (AvgIpc) is 3.33. The molecule has 0 aliphatic heterocycles. The molecule has 1 saturated carbocycles. The highest BCUT2D eigenvalue weighted by Crippen LogP contribution is 2.45. The van der Waals surface area contributed by atoms with Crippen LogP contribution in [0.2, 0.25) is 5.02 Å². The maximum atomic E-state index is 13.3. The first-order chi connectivity index (χ1) is 11.7. The summed E-state index contributed by atoms with van der Waals surface area (Å²) < 4.78 is 39.8. The molecule has 1 aromatic carbocycles. The molecule has 1 aliphatic carbocycles. The zero-order valence-corrected chi connectivity index (χ0v) is 14.3. The van der Waals surface area contributed by atoms with E-state index in [1.165, 1.54) is 0 Å². The van der Waals surface area contributed by atoms with Crippen molar-refractivity contribution in [2.75, 3.05) is 12.4 Å². The molecule has 1 aliphatic rings. The van der Waals surface area contributed by atoms with Crippen molar-refractivity contribution in [2.24, 2.45) is 11.8 Å². The lowest BCUT2D eigenvalue weighted by atomic mass is 10.1. The van der Waals surface area contributed by atoms with Crippen molar-refractivity contribution in [1.82, 2.24) is 9.97 Å². The number of fused-ring (bicyclic) bond motifs is 1. The fourth-order valence-corrected chi connectivity index (χ4v) is 4.41. The molecule has 0 amide bonds. The van der Waals surface area contributed by atoms with Gasteiger partial charge >= 0.3 is 11.9 Å². The predicted octanol–water partition coefficient (Wildman–Crippen LogP) is 3.00. The molecule has 25 heavy (non-hydrogen) atoms. The van der Waals surface area contributed by atoms with Crippen LogP contribution in [0, 0.1) is 11.8 Å². The topological polar surface area (TPSA) is 85.9 Å². The van der Waals surface area contributed by atoms with Crippen molar-refractivity contribution >= 4 is 34.3 Å². The van der Waals surface area contributed by atoms with Crippen LogP contribution in [-0.4, -0.2) is 27.4 Å². The summed E-state index contributed by atoms with van der Waals surface area (Å²) in [5.41, 5.74) is -2.89. The van der Waals surface area contributed by atoms with Crippen molar-refractivity contribution in [1.29, 1.82) is 0 Å². The summed E-state index contributed by atoms with van der Waals surface area (Å²) >= 11 is 6.97. The number of alkyl halides is 3. The van der Waals surface area contributed by atoms with E-state index in [4.69, 9.17) is 11.6 Å². The minimum atomic E-state index is -4.74. The number of halogens is 4. The van der Waals surface area contributed by atoms with Crippen molar-refractivity contribution < 1.29 is 18.3 Å². The first-order valence-electron chi connectivity index (χ1n) is 7.52. The summed E-state index contributed by atoms with van der Waals surface area (Å²) in [6, 6.07) is 0.640. The van der Waals surface area contributed by atoms with Gasteiger partial charge in [0.05, 0.1) is 26.4 Å². The van der Waals surface area contributed by atoms with Gasteiger partial charge in [-0.1, -0.05) is 11.6 Å². The Balaban J connectivity index is 2.14. The maximum absolute atomic E-state index is 13.3. The van der Waals surface area contributed by atoms with Crippen LogP contribution in [0.4, 0.5) is 13.2 Å². The summed E-state index contributed by atoms with van der Waals surface area (Å²) in [4.78, 5) is 27.7. The van der Waals surface area contributed by atoms with E-state index in [2.05, 4.69) is 4.98 Å². The number of hydrogen-bond acceptors (Lipinski definition) is 4. The minimum Gasteiger partial charge on any atom is -0.396 e. The van der Waals surface area contributed by atoms with Crippen LogP contribution in [0.3, 0.4) is 0 Å². The van der Waals surface area contributed by atoms with Gasteiger partial charge < -0.3 is 10.1 Å². The van der Waals surface area contributed by atoms with Gasteiger partial charge in [0.15, 0.2) is 0 Å². The lowest BCUT2D eigenvalue weighted by Gasteiger charge is -2.17. The first-order valence-corrected chi connectivity index (χ1v) is 8.88. The zero-order chi connectivity index (χ0) is 18.4. The molecule has 0 bridgehead atoms. The Labute approximate surface area is 148 Å². The molecule has 1 aromatic heterocycles. The third kappa shape index (κ3) is 3.73. The van der Waals surface area contributed by atoms with Gasteiger partial charge in [-0.05, 0) is 30.7 Å². The number of benzene rings is 1. The van der Waals surface area contributed by atoms with Gasteiger partial charge in [0.25, 0.3) is 5.56 Å². The van der Waals surface area contributed by atoms with Gasteiger partial charge in [0.1, 0.15) is 0 Å². The van der Waals surface area contributed by atoms with Gasteiger partial charge in [0.2, 0.25) is 0 Å². The molecular weight excluding hydrogens is 381 g/mol. The number of thioether (sulfide) groups is 1. The van der Waals surface area contributed by atoms with Crippen molar-refractivity contribution in [3.05, 3.63) is 37.5 Å². The number of hydrogen-bond donors (Lipinski definition) is 3. The second kappa shape index (κ2) is 6.69. The number of aromatic amines is 2. The van der Waals surface area contributed by atoms with Crippen LogP contribution in [0.15, 0.2) is 20.6 Å². The highest BCUT2D eigenvalue weighted by atomic mass is 35.5. The number of rotatable bonds is 5. The van der Waals surface area contributed by atoms with Gasteiger partial charge in [-0.15, -0.1) is 11.8 Å². The number of aliphatic hydroxyl groups is 1. The Morgan fingerprint density at radius 2 is 2.00 bits per heavy atom. The molecule has 136 valence electrons. The highest BCUT2D eigenvalue weighted by Gasteiger charge is 2.36. The molecular formula is C15H14ClF3N2O3S. The lowest BCUT2D eigenvalue weighted by molar-refractivity contribution is -0.137. The van der Waals surface area contributed by atoms with Crippen molar-refractivity contribution in [2.45, 2.75) is 23.9 Å². The largest absolute Gasteiger partial charge is 0.417 e. The van der Waals surface area contributed by atoms with E-state index in [1.807, 2.05) is 4.98 Å². The van der Waals surface area contributed by atoms with E-state index in [0.717, 1.165) is 24.6 Å². The molecule has 1 heterocycles. The Kier molecular flexibility index (Phi) is 4.91. The molecule has 3 N–H and O–H groups in total. The van der Waals surface area contributed by atoms with E-state index in [-0.39, 0.29) is 28.3 Å². The normalized spacial score (nSPS) is 16.4. The van der Waals surface area contributed by atoms with E-state index < -0.39 is 28.0 Å². The number of aliphatic hydroxyl groups excluding tert-OH is 1. The lowest BCUT2D eigenvalue weighted by Crippen LogP contribution is -2.23. The van der Waals surface area contributed by atoms with Crippen LogP contribution in [0.1, 0.15) is 18.4 Å². The number of nitrogens with one attached hydrogen (secondary N) is 2. The van der Waals surface area contributed by atoms with Crippen LogP contribution in [0.25, 0.3) is 10.9 Å². The molecule has 5 nitrogen and oxygen atoms in total. The Bertz CT molecular complexity index is 921. The summed E-state index contributed by atoms with van der Waals surface area (Å²) in [6.07, 6.45) is -2.80. The van der Waals surface area contributed by atoms with Crippen LogP contribution in [0.5, 0.6) is 0 Å². The molecule has 2 aromatic rings. The molecule has 3 rings (SSSR count). The molecule has 10 heteroatoms. The summed E-state index contributed by atoms with van der Waals surface area (Å²) in [6.45, 7) is -0.0801. The third-order valence-electron chi connectivity index (χ3n) is 4.20. The second-order valence-electron chi connectivity index (χ2n) is 5.99. The molecule has 1 atom stereocenters. The van der Waals surface area contributed by atoms with Gasteiger partial charge in [-0.2, -0.15) is 13.2 Å². The summed E-state index contributed by atoms with van der Waals surface area (Å²) in [7, 11) is 0. The average molecular weight is 395 g/mol. The standard InChI is InChI=1S/C15H14ClF3N2O3S/c16-10-9(15(17,18)19)3-8-11(20-14(24)21-13(8)23)12(10)25-5-7(4-22)6-1-2-6/h3,6-7,22H,1-2,4-5H2,(H2,20,21,23,24). The van der Waals surface area contributed by atoms with E-state index in [1.54, 1.807) is 0 Å². The summed E-state index contributed by atoms with van der Waals surface area (Å²) in [5, 5.41) is 8.59. The van der Waals surface area contributed by atoms with E-state index in [9.17, 15) is 27.9 Å². The maximum Gasteiger partial charge on any atom is 0.417 e. The molecule has 0 saturated heterocycles. The third-order valence-corrected chi connectivity index (χ3v) is 6.00. The first kappa shape index (κ1) is 18.3. The monoisotopic (exact) mass is 394 g/mol. The van der Waals surface area contributed by atoms with E-state index in [0.29, 0.717) is 17.7 Å². The fraction of sp³-hybridized carbons (Fsp3) is 0.467. The Hall–Kier alpha value is -1.45. The Morgan fingerprint density at radius 1 is 1.32 bits per heavy atom. The zero-order valence-electron chi connectivity index (χ0n) is 12.7. The van der Waals surface area contributed by atoms with Crippen LogP contribution in [-0.2, 0) is 6.18 Å². The SMILES string of the molecule is O=c1[nH]c(=O)c2cc(C(F)(F)F)c(Cl)c(SCC(CO)C3CC3)c2[nH]1. The smallest absolute Gasteiger partial charge is 0.396 e. The molecule has 0 radical (unpaired) electrons. The summed E-state index contributed by atoms with van der Waals surface area (Å²) in [5.74, 6) is 0.613. The quantitative estimate of drug-likeness (QED) is 0.680. The van der Waals surface area contributed by atoms with Gasteiger partial charge in [-0.3, -0.25) is 9.78 Å². The fourth-order valence-electron chi connectivity index (χ4n) is 2.69. The van der Waals surface area contributed by atoms with Crippen LogP contribution < -0.4 is 11.2 Å². The minimum absolute atomic E-state index is 0.00575. The van der Waals surface area contributed by atoms with E-state index >= 15 is 0 Å². The molecule has 0 spiro atoms.